The van der Waals surface area contributed by atoms with Crippen molar-refractivity contribution >= 4 is 0 Å². The van der Waals surface area contributed by atoms with Gasteiger partial charge in [-0.3, -0.25) is 0 Å². The minimum atomic E-state index is -0.0439. The number of aryl methyl sites for hydroxylation is 1. The molecule has 0 bridgehead atoms. The van der Waals surface area contributed by atoms with Gasteiger partial charge in [0.15, 0.2) is 5.82 Å². The molecule has 0 fully saturated rings. The minimum Gasteiger partial charge on any atom is -0.245 e. The quantitative estimate of drug-likeness (QED) is 0.485. The summed E-state index contributed by atoms with van der Waals surface area (Å²) in [4.78, 5) is 4.81. The number of hydrogen-bond donors (Lipinski definition) is 1. The Morgan fingerprint density at radius 1 is 0.968 bits per heavy atom. The first kappa shape index (κ1) is 20.9. The molecule has 160 valence electrons. The van der Waals surface area contributed by atoms with E-state index in [9.17, 15) is 0 Å². The summed E-state index contributed by atoms with van der Waals surface area (Å²) in [7, 11) is 0. The number of tetrazole rings is 1. The standard InChI is InChI=1S/C24H29N7/c1-5-8-21-25-23(24(2,3)4)31(28-21)16-18-13-11-17(12-14-18)15-19-9-6-7-10-20(19)22-26-29-30-27-22/h6-7,9-14H,5,8,15-16H2,1-4H3,(H,26,27,29,30). The van der Waals surface area contributed by atoms with Crippen LogP contribution in [0.25, 0.3) is 11.4 Å². The molecule has 2 heterocycles. The highest BCUT2D eigenvalue weighted by Crippen LogP contribution is 2.24. The van der Waals surface area contributed by atoms with Crippen LogP contribution in [0.15, 0.2) is 48.5 Å². The molecule has 0 saturated heterocycles. The van der Waals surface area contributed by atoms with Gasteiger partial charge in [-0.1, -0.05) is 76.2 Å². The van der Waals surface area contributed by atoms with E-state index in [2.05, 4.69) is 83.3 Å². The van der Waals surface area contributed by atoms with E-state index in [-0.39, 0.29) is 5.41 Å². The van der Waals surface area contributed by atoms with Crippen LogP contribution < -0.4 is 0 Å². The van der Waals surface area contributed by atoms with Gasteiger partial charge in [0, 0.05) is 17.4 Å². The van der Waals surface area contributed by atoms with Crippen molar-refractivity contribution in [2.24, 2.45) is 0 Å². The normalized spacial score (nSPS) is 11.7. The van der Waals surface area contributed by atoms with Crippen molar-refractivity contribution in [1.29, 1.82) is 0 Å². The fourth-order valence-electron chi connectivity index (χ4n) is 3.71. The molecule has 0 aliphatic carbocycles. The first-order valence-corrected chi connectivity index (χ1v) is 10.8. The van der Waals surface area contributed by atoms with Gasteiger partial charge in [0.1, 0.15) is 5.82 Å². The number of aromatic nitrogens is 7. The molecule has 0 spiro atoms. The van der Waals surface area contributed by atoms with Crippen molar-refractivity contribution in [2.75, 3.05) is 0 Å². The molecule has 0 saturated carbocycles. The van der Waals surface area contributed by atoms with Crippen molar-refractivity contribution in [1.82, 2.24) is 35.4 Å². The van der Waals surface area contributed by atoms with E-state index < -0.39 is 0 Å². The molecule has 0 radical (unpaired) electrons. The Bertz CT molecular complexity index is 1120. The molecule has 2 aromatic carbocycles. The van der Waals surface area contributed by atoms with Crippen LogP contribution in [0, 0.1) is 0 Å². The molecule has 2 aromatic heterocycles. The van der Waals surface area contributed by atoms with Gasteiger partial charge in [-0.25, -0.2) is 9.67 Å². The van der Waals surface area contributed by atoms with Gasteiger partial charge >= 0.3 is 0 Å². The predicted octanol–water partition coefficient (Wildman–Crippen LogP) is 4.35. The monoisotopic (exact) mass is 415 g/mol. The molecule has 0 amide bonds. The average molecular weight is 416 g/mol. The smallest absolute Gasteiger partial charge is 0.204 e. The van der Waals surface area contributed by atoms with Gasteiger partial charge in [0.05, 0.1) is 6.54 Å². The highest BCUT2D eigenvalue weighted by molar-refractivity contribution is 5.60. The second kappa shape index (κ2) is 8.79. The van der Waals surface area contributed by atoms with Crippen molar-refractivity contribution < 1.29 is 0 Å². The Hall–Kier alpha value is -3.35. The second-order valence-corrected chi connectivity index (χ2v) is 8.90. The molecule has 1 N–H and O–H groups in total. The Balaban J connectivity index is 1.53. The molecule has 4 rings (SSSR count). The fraction of sp³-hybridized carbons (Fsp3) is 0.375. The number of benzene rings is 2. The van der Waals surface area contributed by atoms with E-state index in [0.29, 0.717) is 5.82 Å². The summed E-state index contributed by atoms with van der Waals surface area (Å²) in [5, 5.41) is 19.3. The number of nitrogens with one attached hydrogen (secondary N) is 1. The third kappa shape index (κ3) is 4.87. The number of rotatable bonds is 7. The summed E-state index contributed by atoms with van der Waals surface area (Å²) < 4.78 is 2.06. The zero-order valence-electron chi connectivity index (χ0n) is 18.6. The van der Waals surface area contributed by atoms with E-state index in [1.807, 2.05) is 18.2 Å². The van der Waals surface area contributed by atoms with Crippen molar-refractivity contribution in [3.63, 3.8) is 0 Å². The molecule has 0 aliphatic heterocycles. The highest BCUT2D eigenvalue weighted by atomic mass is 15.5. The number of aromatic amines is 1. The van der Waals surface area contributed by atoms with Gasteiger partial charge in [-0.15, -0.1) is 10.2 Å². The highest BCUT2D eigenvalue weighted by Gasteiger charge is 2.23. The number of hydrogen-bond acceptors (Lipinski definition) is 5. The van der Waals surface area contributed by atoms with Crippen LogP contribution in [0.2, 0.25) is 0 Å². The average Bonchev–Trinajstić information content (AvgIpc) is 3.40. The molecule has 4 aromatic rings. The first-order valence-electron chi connectivity index (χ1n) is 10.8. The lowest BCUT2D eigenvalue weighted by atomic mass is 9.95. The van der Waals surface area contributed by atoms with E-state index in [1.165, 1.54) is 16.7 Å². The zero-order valence-corrected chi connectivity index (χ0v) is 18.6. The summed E-state index contributed by atoms with van der Waals surface area (Å²) in [6, 6.07) is 16.9. The van der Waals surface area contributed by atoms with Gasteiger partial charge in [-0.2, -0.15) is 10.3 Å². The lowest BCUT2D eigenvalue weighted by Crippen LogP contribution is -2.20. The van der Waals surface area contributed by atoms with Crippen molar-refractivity contribution in [2.45, 2.75) is 58.9 Å². The Kier molecular flexibility index (Phi) is 5.93. The molecule has 0 atom stereocenters. The van der Waals surface area contributed by atoms with Crippen LogP contribution in [0.1, 0.15) is 62.5 Å². The SMILES string of the molecule is CCCc1nc(C(C)(C)C)n(Cc2ccc(Cc3ccccc3-c3nn[nH]n3)cc2)n1. The zero-order chi connectivity index (χ0) is 21.8. The molecule has 7 heteroatoms. The molecule has 7 nitrogen and oxygen atoms in total. The lowest BCUT2D eigenvalue weighted by Gasteiger charge is -2.18. The Morgan fingerprint density at radius 3 is 2.39 bits per heavy atom. The van der Waals surface area contributed by atoms with Crippen LogP contribution in [0.4, 0.5) is 0 Å². The van der Waals surface area contributed by atoms with E-state index in [0.717, 1.165) is 43.0 Å². The maximum atomic E-state index is 4.81. The maximum Gasteiger partial charge on any atom is 0.204 e. The van der Waals surface area contributed by atoms with E-state index in [4.69, 9.17) is 10.1 Å². The summed E-state index contributed by atoms with van der Waals surface area (Å²) in [5.74, 6) is 2.59. The van der Waals surface area contributed by atoms with Crippen LogP contribution >= 0.6 is 0 Å². The van der Waals surface area contributed by atoms with Crippen LogP contribution in [-0.4, -0.2) is 35.4 Å². The van der Waals surface area contributed by atoms with Gasteiger partial charge in [-0.05, 0) is 34.7 Å². The van der Waals surface area contributed by atoms with Gasteiger partial charge in [0.2, 0.25) is 5.82 Å². The Labute approximate surface area is 182 Å². The molecule has 0 aliphatic rings. The summed E-state index contributed by atoms with van der Waals surface area (Å²) >= 11 is 0. The number of nitrogens with zero attached hydrogens (tertiary/aromatic N) is 6. The first-order chi connectivity index (χ1) is 14.9. The van der Waals surface area contributed by atoms with E-state index >= 15 is 0 Å². The third-order valence-electron chi connectivity index (χ3n) is 5.21. The second-order valence-electron chi connectivity index (χ2n) is 8.90. The molecular weight excluding hydrogens is 386 g/mol. The van der Waals surface area contributed by atoms with Crippen molar-refractivity contribution in [3.05, 3.63) is 76.9 Å². The Morgan fingerprint density at radius 2 is 1.71 bits per heavy atom. The maximum absolute atomic E-state index is 4.81. The minimum absolute atomic E-state index is 0.0439. The van der Waals surface area contributed by atoms with Gasteiger partial charge in [0.25, 0.3) is 0 Å². The van der Waals surface area contributed by atoms with E-state index in [1.54, 1.807) is 0 Å². The molecule has 0 unspecified atom stereocenters. The van der Waals surface area contributed by atoms with Crippen LogP contribution in [0.5, 0.6) is 0 Å². The molecular formula is C24H29N7. The summed E-state index contributed by atoms with van der Waals surface area (Å²) in [5.41, 5.74) is 4.58. The number of H-pyrrole nitrogens is 1. The topological polar surface area (TPSA) is 85.2 Å². The lowest BCUT2D eigenvalue weighted by molar-refractivity contribution is 0.490. The fourth-order valence-corrected chi connectivity index (χ4v) is 3.71. The predicted molar refractivity (Wildman–Crippen MR) is 121 cm³/mol. The van der Waals surface area contributed by atoms with Gasteiger partial charge < -0.3 is 0 Å². The van der Waals surface area contributed by atoms with Crippen molar-refractivity contribution in [3.8, 4) is 11.4 Å². The largest absolute Gasteiger partial charge is 0.245 e. The molecule has 31 heavy (non-hydrogen) atoms. The summed E-state index contributed by atoms with van der Waals surface area (Å²) in [6.07, 6.45) is 2.77. The van der Waals surface area contributed by atoms with Crippen LogP contribution in [0.3, 0.4) is 0 Å². The van der Waals surface area contributed by atoms with Crippen LogP contribution in [-0.2, 0) is 24.8 Å². The third-order valence-corrected chi connectivity index (χ3v) is 5.21. The summed E-state index contributed by atoms with van der Waals surface area (Å²) in [6.45, 7) is 9.45.